The number of hydrogen-bond donors (Lipinski definition) is 0. The molecule has 0 bridgehead atoms. The fourth-order valence-electron chi connectivity index (χ4n) is 3.26. The predicted molar refractivity (Wildman–Crippen MR) is 78.8 cm³/mol. The van der Waals surface area contributed by atoms with Crippen LogP contribution >= 0.6 is 0 Å². The van der Waals surface area contributed by atoms with Crippen LogP contribution in [0.3, 0.4) is 0 Å². The molecule has 0 aromatic heterocycles. The van der Waals surface area contributed by atoms with E-state index in [2.05, 4.69) is 0 Å². The summed E-state index contributed by atoms with van der Waals surface area (Å²) in [5, 5.41) is 0. The Balaban J connectivity index is 1.78. The Morgan fingerprint density at radius 2 is 1.36 bits per heavy atom. The maximum atomic E-state index is 14.6. The zero-order chi connectivity index (χ0) is 15.4. The molecule has 2 fully saturated rings. The summed E-state index contributed by atoms with van der Waals surface area (Å²) in [6, 6.07) is 3.18. The molecule has 0 atom stereocenters. The van der Waals surface area contributed by atoms with Crippen molar-refractivity contribution < 1.29 is 23.0 Å². The molecule has 0 heterocycles. The van der Waals surface area contributed by atoms with Gasteiger partial charge in [-0.05, 0) is 63.5 Å². The average molecular weight is 312 g/mol. The largest absolute Gasteiger partial charge is 0.487 e. The molecule has 1 aromatic carbocycles. The molecule has 0 amide bonds. The van der Waals surface area contributed by atoms with Gasteiger partial charge in [0.1, 0.15) is 0 Å². The van der Waals surface area contributed by atoms with Gasteiger partial charge in [-0.15, -0.1) is 0 Å². The molecule has 1 aromatic rings. The Morgan fingerprint density at radius 1 is 0.864 bits per heavy atom. The van der Waals surface area contributed by atoms with Crippen molar-refractivity contribution in [3.63, 3.8) is 0 Å². The maximum Gasteiger partial charge on any atom is 0.228 e. The first kappa shape index (κ1) is 15.4. The summed E-state index contributed by atoms with van der Waals surface area (Å²) >= 11 is 0. The van der Waals surface area contributed by atoms with E-state index in [1.54, 1.807) is 12.1 Å². The predicted octanol–water partition coefficient (Wildman–Crippen LogP) is 4.77. The number of halogens is 2. The van der Waals surface area contributed by atoms with E-state index in [4.69, 9.17) is 14.2 Å². The van der Waals surface area contributed by atoms with E-state index in [0.717, 1.165) is 51.4 Å². The lowest BCUT2D eigenvalue weighted by atomic mass is 10.2. The average Bonchev–Trinajstić information content (AvgIpc) is 3.19. The van der Waals surface area contributed by atoms with Crippen molar-refractivity contribution >= 4 is 0 Å². The third-order valence-electron chi connectivity index (χ3n) is 4.42. The highest BCUT2D eigenvalue weighted by atomic mass is 19.1. The molecule has 0 radical (unpaired) electrons. The van der Waals surface area contributed by atoms with Crippen LogP contribution in [0.1, 0.15) is 51.4 Å². The highest BCUT2D eigenvalue weighted by Gasteiger charge is 2.24. The number of hydrogen-bond acceptors (Lipinski definition) is 3. The minimum absolute atomic E-state index is 0.0364. The lowest BCUT2D eigenvalue weighted by Crippen LogP contribution is -2.14. The monoisotopic (exact) mass is 312 g/mol. The molecule has 2 aliphatic rings. The summed E-state index contributed by atoms with van der Waals surface area (Å²) in [4.78, 5) is 0. The highest BCUT2D eigenvalue weighted by Crippen LogP contribution is 2.39. The van der Waals surface area contributed by atoms with Crippen molar-refractivity contribution in [3.05, 3.63) is 17.9 Å². The smallest absolute Gasteiger partial charge is 0.228 e. The summed E-state index contributed by atoms with van der Waals surface area (Å²) in [5.41, 5.74) is 0. The lowest BCUT2D eigenvalue weighted by Gasteiger charge is -2.19. The van der Waals surface area contributed by atoms with Gasteiger partial charge >= 0.3 is 0 Å². The summed E-state index contributed by atoms with van der Waals surface area (Å²) in [5.74, 6) is -0.458. The second-order valence-electron chi connectivity index (χ2n) is 6.01. The zero-order valence-electron chi connectivity index (χ0n) is 12.7. The van der Waals surface area contributed by atoms with E-state index >= 15 is 0 Å². The Kier molecular flexibility index (Phi) is 5.01. The van der Waals surface area contributed by atoms with Crippen LogP contribution in [0.25, 0.3) is 0 Å². The minimum atomic E-state index is -1.09. The molecule has 3 nitrogen and oxygen atoms in total. The molecule has 0 aliphatic heterocycles. The van der Waals surface area contributed by atoms with Crippen LogP contribution in [0, 0.1) is 5.82 Å². The summed E-state index contributed by atoms with van der Waals surface area (Å²) in [6.07, 6.45) is 8.25. The van der Waals surface area contributed by atoms with Gasteiger partial charge in [0.15, 0.2) is 11.5 Å². The van der Waals surface area contributed by atoms with E-state index < -0.39 is 12.7 Å². The SMILES string of the molecule is FCOc1c(OC2CCCC2)ccc(OC2CCCC2)c1F. The molecule has 0 spiro atoms. The standard InChI is InChI=1S/C17H22F2O3/c18-11-20-17-15(22-13-7-3-4-8-13)10-9-14(16(17)19)21-12-5-1-2-6-12/h9-10,12-13H,1-8,11H2. The molecule has 3 rings (SSSR count). The molecule has 2 saturated carbocycles. The van der Waals surface area contributed by atoms with Crippen molar-refractivity contribution in [1.29, 1.82) is 0 Å². The first-order chi connectivity index (χ1) is 10.8. The number of ether oxygens (including phenoxy) is 3. The molecule has 2 aliphatic carbocycles. The van der Waals surface area contributed by atoms with E-state index in [9.17, 15) is 8.78 Å². The second-order valence-corrected chi connectivity index (χ2v) is 6.01. The highest BCUT2D eigenvalue weighted by molar-refractivity contribution is 5.47. The van der Waals surface area contributed by atoms with Crippen molar-refractivity contribution in [1.82, 2.24) is 0 Å². The van der Waals surface area contributed by atoms with Crippen molar-refractivity contribution in [3.8, 4) is 17.2 Å². The van der Waals surface area contributed by atoms with Gasteiger partial charge in [0.05, 0.1) is 12.2 Å². The van der Waals surface area contributed by atoms with E-state index in [-0.39, 0.29) is 29.5 Å². The normalized spacial score (nSPS) is 19.5. The van der Waals surface area contributed by atoms with Crippen LogP contribution < -0.4 is 14.2 Å². The van der Waals surface area contributed by atoms with Gasteiger partial charge in [-0.1, -0.05) is 0 Å². The molecule has 0 N–H and O–H groups in total. The molecule has 0 saturated heterocycles. The zero-order valence-corrected chi connectivity index (χ0v) is 12.7. The number of rotatable bonds is 6. The van der Waals surface area contributed by atoms with Crippen LogP contribution in [0.2, 0.25) is 0 Å². The molecule has 0 unspecified atom stereocenters. The Labute approximate surface area is 129 Å². The van der Waals surface area contributed by atoms with Gasteiger partial charge in [-0.25, -0.2) is 4.39 Å². The quantitative estimate of drug-likeness (QED) is 0.757. The second kappa shape index (κ2) is 7.16. The van der Waals surface area contributed by atoms with E-state index in [0.29, 0.717) is 0 Å². The fraction of sp³-hybridized carbons (Fsp3) is 0.647. The number of benzene rings is 1. The first-order valence-corrected chi connectivity index (χ1v) is 8.12. The van der Waals surface area contributed by atoms with Gasteiger partial charge in [-0.3, -0.25) is 0 Å². The van der Waals surface area contributed by atoms with Crippen molar-refractivity contribution in [2.75, 3.05) is 6.86 Å². The van der Waals surface area contributed by atoms with Gasteiger partial charge in [0.2, 0.25) is 18.4 Å². The maximum absolute atomic E-state index is 14.6. The minimum Gasteiger partial charge on any atom is -0.487 e. The Hall–Kier alpha value is -1.52. The molecule has 22 heavy (non-hydrogen) atoms. The van der Waals surface area contributed by atoms with Gasteiger partial charge < -0.3 is 14.2 Å². The Bertz CT molecular complexity index is 495. The van der Waals surface area contributed by atoms with Crippen LogP contribution in [-0.2, 0) is 0 Å². The molecule has 122 valence electrons. The summed E-state index contributed by atoms with van der Waals surface area (Å²) in [6.45, 7) is -1.09. The molecule has 5 heteroatoms. The molecular formula is C17H22F2O3. The van der Waals surface area contributed by atoms with Crippen molar-refractivity contribution in [2.45, 2.75) is 63.6 Å². The Morgan fingerprint density at radius 3 is 1.91 bits per heavy atom. The summed E-state index contributed by atoms with van der Waals surface area (Å²) < 4.78 is 43.5. The summed E-state index contributed by atoms with van der Waals surface area (Å²) in [7, 11) is 0. The van der Waals surface area contributed by atoms with E-state index in [1.165, 1.54) is 0 Å². The fourth-order valence-corrected chi connectivity index (χ4v) is 3.26. The van der Waals surface area contributed by atoms with E-state index in [1.807, 2.05) is 0 Å². The van der Waals surface area contributed by atoms with Crippen LogP contribution in [0.4, 0.5) is 8.78 Å². The number of alkyl halides is 1. The van der Waals surface area contributed by atoms with Crippen LogP contribution in [0.5, 0.6) is 17.2 Å². The van der Waals surface area contributed by atoms with Gasteiger partial charge in [-0.2, -0.15) is 4.39 Å². The van der Waals surface area contributed by atoms with Crippen LogP contribution in [0.15, 0.2) is 12.1 Å². The van der Waals surface area contributed by atoms with Gasteiger partial charge in [0.25, 0.3) is 0 Å². The van der Waals surface area contributed by atoms with Gasteiger partial charge in [0, 0.05) is 0 Å². The lowest BCUT2D eigenvalue weighted by molar-refractivity contribution is 0.150. The van der Waals surface area contributed by atoms with Crippen molar-refractivity contribution in [2.24, 2.45) is 0 Å². The topological polar surface area (TPSA) is 27.7 Å². The third kappa shape index (κ3) is 3.45. The molecular weight excluding hydrogens is 290 g/mol. The first-order valence-electron chi connectivity index (χ1n) is 8.12. The third-order valence-corrected chi connectivity index (χ3v) is 4.42. The van der Waals surface area contributed by atoms with Crippen LogP contribution in [-0.4, -0.2) is 19.1 Å².